The van der Waals surface area contributed by atoms with Crippen molar-refractivity contribution in [2.24, 2.45) is 17.6 Å². The molecular formula is C13H28N2. The number of nitrogens with two attached hydrogens (primary N) is 1. The van der Waals surface area contributed by atoms with Crippen LogP contribution in [0.4, 0.5) is 0 Å². The largest absolute Gasteiger partial charge is 0.327 e. The van der Waals surface area contributed by atoms with Crippen LogP contribution >= 0.6 is 0 Å². The van der Waals surface area contributed by atoms with Crippen LogP contribution in [0.1, 0.15) is 46.0 Å². The zero-order chi connectivity index (χ0) is 11.3. The second-order valence-corrected chi connectivity index (χ2v) is 5.25. The Bertz CT molecular complexity index is 170. The second kappa shape index (κ2) is 6.49. The lowest BCUT2D eigenvalue weighted by atomic mass is 9.76. The van der Waals surface area contributed by atoms with E-state index in [4.69, 9.17) is 5.73 Å². The van der Waals surface area contributed by atoms with Crippen LogP contribution in [0.2, 0.25) is 0 Å². The minimum absolute atomic E-state index is 0.451. The van der Waals surface area contributed by atoms with Gasteiger partial charge in [-0.3, -0.25) is 0 Å². The molecule has 90 valence electrons. The van der Waals surface area contributed by atoms with Gasteiger partial charge in [-0.2, -0.15) is 0 Å². The maximum absolute atomic E-state index is 6.21. The van der Waals surface area contributed by atoms with Gasteiger partial charge in [-0.1, -0.05) is 26.7 Å². The molecule has 0 amide bonds. The molecule has 0 bridgehead atoms. The van der Waals surface area contributed by atoms with E-state index in [2.05, 4.69) is 25.8 Å². The minimum atomic E-state index is 0.451. The first-order chi connectivity index (χ1) is 7.17. The molecule has 0 heterocycles. The summed E-state index contributed by atoms with van der Waals surface area (Å²) in [4.78, 5) is 2.40. The number of rotatable bonds is 5. The average Bonchev–Trinajstić information content (AvgIpc) is 2.23. The molecule has 2 nitrogen and oxygen atoms in total. The molecule has 1 aliphatic rings. The second-order valence-electron chi connectivity index (χ2n) is 5.25. The summed E-state index contributed by atoms with van der Waals surface area (Å²) in [7, 11) is 2.20. The molecular weight excluding hydrogens is 184 g/mol. The molecule has 0 radical (unpaired) electrons. The van der Waals surface area contributed by atoms with Crippen LogP contribution in [0.15, 0.2) is 0 Å². The van der Waals surface area contributed by atoms with Gasteiger partial charge in [0.2, 0.25) is 0 Å². The summed E-state index contributed by atoms with van der Waals surface area (Å²) in [6.45, 7) is 6.85. The highest BCUT2D eigenvalue weighted by atomic mass is 15.1. The Morgan fingerprint density at radius 1 is 1.27 bits per heavy atom. The predicted octanol–water partition coefficient (Wildman–Crippen LogP) is 2.48. The van der Waals surface area contributed by atoms with Gasteiger partial charge in [0.15, 0.2) is 0 Å². The Labute approximate surface area is 95.2 Å². The standard InChI is InChI=1S/C13H28N2/c1-4-6-11-7-8-13(14)12(9-11)10-15(3)5-2/h11-13H,4-10,14H2,1-3H3. The van der Waals surface area contributed by atoms with Gasteiger partial charge >= 0.3 is 0 Å². The Hall–Kier alpha value is -0.0800. The van der Waals surface area contributed by atoms with E-state index in [1.54, 1.807) is 0 Å². The van der Waals surface area contributed by atoms with Crippen molar-refractivity contribution < 1.29 is 0 Å². The topological polar surface area (TPSA) is 29.3 Å². The lowest BCUT2D eigenvalue weighted by molar-refractivity contribution is 0.172. The predicted molar refractivity (Wildman–Crippen MR) is 66.9 cm³/mol. The van der Waals surface area contributed by atoms with Crippen molar-refractivity contribution in [3.05, 3.63) is 0 Å². The Kier molecular flexibility index (Phi) is 5.62. The van der Waals surface area contributed by atoms with Crippen LogP contribution in [0.3, 0.4) is 0 Å². The van der Waals surface area contributed by atoms with E-state index in [-0.39, 0.29) is 0 Å². The molecule has 3 unspecified atom stereocenters. The first kappa shape index (κ1) is 13.0. The van der Waals surface area contributed by atoms with Crippen molar-refractivity contribution in [1.82, 2.24) is 4.90 Å². The van der Waals surface area contributed by atoms with Crippen molar-refractivity contribution in [2.45, 2.75) is 52.0 Å². The van der Waals surface area contributed by atoms with Gasteiger partial charge in [0.1, 0.15) is 0 Å². The smallest absolute Gasteiger partial charge is 0.00795 e. The summed E-state index contributed by atoms with van der Waals surface area (Å²) in [5.74, 6) is 1.69. The highest BCUT2D eigenvalue weighted by molar-refractivity contribution is 4.83. The van der Waals surface area contributed by atoms with E-state index in [1.165, 1.54) is 38.6 Å². The third kappa shape index (κ3) is 4.12. The molecule has 3 atom stereocenters. The van der Waals surface area contributed by atoms with Gasteiger partial charge in [0, 0.05) is 12.6 Å². The first-order valence-corrected chi connectivity index (χ1v) is 6.61. The zero-order valence-electron chi connectivity index (χ0n) is 10.7. The molecule has 0 aromatic rings. The van der Waals surface area contributed by atoms with E-state index >= 15 is 0 Å². The fourth-order valence-electron chi connectivity index (χ4n) is 2.79. The van der Waals surface area contributed by atoms with Crippen LogP contribution in [-0.2, 0) is 0 Å². The van der Waals surface area contributed by atoms with Crippen LogP contribution in [0.5, 0.6) is 0 Å². The van der Waals surface area contributed by atoms with E-state index in [0.717, 1.165) is 18.4 Å². The Morgan fingerprint density at radius 3 is 2.60 bits per heavy atom. The van der Waals surface area contributed by atoms with Gasteiger partial charge in [-0.25, -0.2) is 0 Å². The molecule has 1 fully saturated rings. The summed E-state index contributed by atoms with van der Waals surface area (Å²) < 4.78 is 0. The number of nitrogens with zero attached hydrogens (tertiary/aromatic N) is 1. The van der Waals surface area contributed by atoms with Crippen molar-refractivity contribution in [3.63, 3.8) is 0 Å². The highest BCUT2D eigenvalue weighted by Gasteiger charge is 2.27. The summed E-state index contributed by atoms with van der Waals surface area (Å²) >= 11 is 0. The third-order valence-corrected chi connectivity index (χ3v) is 3.93. The van der Waals surface area contributed by atoms with Crippen molar-refractivity contribution >= 4 is 0 Å². The Morgan fingerprint density at radius 2 is 2.00 bits per heavy atom. The van der Waals surface area contributed by atoms with E-state index in [9.17, 15) is 0 Å². The number of hydrogen-bond donors (Lipinski definition) is 1. The van der Waals surface area contributed by atoms with Crippen molar-refractivity contribution in [3.8, 4) is 0 Å². The lowest BCUT2D eigenvalue weighted by Gasteiger charge is -2.36. The zero-order valence-corrected chi connectivity index (χ0v) is 10.7. The molecule has 1 aliphatic carbocycles. The fourth-order valence-corrected chi connectivity index (χ4v) is 2.79. The summed E-state index contributed by atoms with van der Waals surface area (Å²) in [5.41, 5.74) is 6.21. The third-order valence-electron chi connectivity index (χ3n) is 3.93. The molecule has 0 aromatic heterocycles. The van der Waals surface area contributed by atoms with Gasteiger partial charge in [0.05, 0.1) is 0 Å². The molecule has 2 heteroatoms. The molecule has 1 saturated carbocycles. The van der Waals surface area contributed by atoms with E-state index < -0.39 is 0 Å². The molecule has 0 aromatic carbocycles. The van der Waals surface area contributed by atoms with E-state index in [0.29, 0.717) is 6.04 Å². The summed E-state index contributed by atoms with van der Waals surface area (Å²) in [5, 5.41) is 0. The highest BCUT2D eigenvalue weighted by Crippen LogP contribution is 2.31. The van der Waals surface area contributed by atoms with Gasteiger partial charge in [-0.15, -0.1) is 0 Å². The average molecular weight is 212 g/mol. The van der Waals surface area contributed by atoms with Gasteiger partial charge in [-0.05, 0) is 44.7 Å². The fraction of sp³-hybridized carbons (Fsp3) is 1.00. The lowest BCUT2D eigenvalue weighted by Crippen LogP contribution is -2.42. The summed E-state index contributed by atoms with van der Waals surface area (Å²) in [6.07, 6.45) is 6.70. The summed E-state index contributed by atoms with van der Waals surface area (Å²) in [6, 6.07) is 0.451. The molecule has 1 rings (SSSR count). The van der Waals surface area contributed by atoms with Crippen molar-refractivity contribution in [1.29, 1.82) is 0 Å². The van der Waals surface area contributed by atoms with Gasteiger partial charge in [0.25, 0.3) is 0 Å². The van der Waals surface area contributed by atoms with Crippen LogP contribution in [0.25, 0.3) is 0 Å². The maximum atomic E-state index is 6.21. The quantitative estimate of drug-likeness (QED) is 0.758. The maximum Gasteiger partial charge on any atom is 0.00795 e. The van der Waals surface area contributed by atoms with Crippen LogP contribution in [-0.4, -0.2) is 31.1 Å². The van der Waals surface area contributed by atoms with Crippen molar-refractivity contribution in [2.75, 3.05) is 20.1 Å². The first-order valence-electron chi connectivity index (χ1n) is 6.61. The SMILES string of the molecule is CCCC1CCC(N)C(CN(C)CC)C1. The van der Waals surface area contributed by atoms with E-state index in [1.807, 2.05) is 0 Å². The van der Waals surface area contributed by atoms with Gasteiger partial charge < -0.3 is 10.6 Å². The molecule has 2 N–H and O–H groups in total. The normalized spacial score (nSPS) is 32.2. The number of hydrogen-bond acceptors (Lipinski definition) is 2. The molecule has 0 aliphatic heterocycles. The minimum Gasteiger partial charge on any atom is -0.327 e. The monoisotopic (exact) mass is 212 g/mol. The van der Waals surface area contributed by atoms with Crippen LogP contribution in [0, 0.1) is 11.8 Å². The van der Waals surface area contributed by atoms with Crippen LogP contribution < -0.4 is 5.73 Å². The Balaban J connectivity index is 2.39. The molecule has 15 heavy (non-hydrogen) atoms. The molecule has 0 saturated heterocycles. The molecule has 0 spiro atoms.